The molecular weight excluding hydrogens is 400 g/mol. The summed E-state index contributed by atoms with van der Waals surface area (Å²) in [5, 5.41) is 5.01. The monoisotopic (exact) mass is 416 g/mol. The Morgan fingerprint density at radius 2 is 1.41 bits per heavy atom. The average Bonchev–Trinajstić information content (AvgIpc) is 3.16. The number of fused-ring (bicyclic) bond motifs is 4. The van der Waals surface area contributed by atoms with Gasteiger partial charge in [-0.3, -0.25) is 9.36 Å². The van der Waals surface area contributed by atoms with E-state index in [4.69, 9.17) is 9.97 Å². The van der Waals surface area contributed by atoms with Gasteiger partial charge in [-0.1, -0.05) is 60.7 Å². The first kappa shape index (κ1) is 18.1. The van der Waals surface area contributed by atoms with Crippen LogP contribution in [0.25, 0.3) is 38.9 Å². The van der Waals surface area contributed by atoms with Crippen molar-refractivity contribution in [2.45, 2.75) is 0 Å². The first-order valence-electron chi connectivity index (χ1n) is 10.1. The van der Waals surface area contributed by atoms with Crippen molar-refractivity contribution in [1.29, 1.82) is 0 Å². The lowest BCUT2D eigenvalue weighted by molar-refractivity contribution is 0.906. The molecule has 6 aromatic rings. The molecule has 0 spiro atoms. The minimum Gasteiger partial charge on any atom is -0.268 e. The first-order valence-corrected chi connectivity index (χ1v) is 10.1. The molecule has 0 amide bonds. The van der Waals surface area contributed by atoms with Gasteiger partial charge in [0.1, 0.15) is 17.2 Å². The molecule has 0 saturated carbocycles. The van der Waals surface area contributed by atoms with Crippen LogP contribution in [0.5, 0.6) is 0 Å². The van der Waals surface area contributed by atoms with Gasteiger partial charge in [0.2, 0.25) is 0 Å². The van der Waals surface area contributed by atoms with Crippen molar-refractivity contribution in [3.05, 3.63) is 107 Å². The second-order valence-corrected chi connectivity index (χ2v) is 7.31. The van der Waals surface area contributed by atoms with Crippen LogP contribution in [0.15, 0.2) is 101 Å². The van der Waals surface area contributed by atoms with Crippen molar-refractivity contribution < 1.29 is 0 Å². The van der Waals surface area contributed by atoms with Gasteiger partial charge in [-0.15, -0.1) is 0 Å². The van der Waals surface area contributed by atoms with Crippen LogP contribution in [0.4, 0.5) is 0 Å². The van der Waals surface area contributed by atoms with Gasteiger partial charge in [-0.05, 0) is 29.8 Å². The lowest BCUT2D eigenvalue weighted by Gasteiger charge is -2.04. The smallest absolute Gasteiger partial charge is 0.268 e. The third-order valence-electron chi connectivity index (χ3n) is 5.30. The molecule has 32 heavy (non-hydrogen) atoms. The fraction of sp³-hybridized carbons (Fsp3) is 0. The van der Waals surface area contributed by atoms with Crippen LogP contribution >= 0.6 is 0 Å². The summed E-state index contributed by atoms with van der Waals surface area (Å²) in [5.74, 6) is 0. The molecule has 7 heteroatoms. The summed E-state index contributed by atoms with van der Waals surface area (Å²) in [7, 11) is 0. The minimum atomic E-state index is -0.218. The zero-order chi connectivity index (χ0) is 21.5. The highest BCUT2D eigenvalue weighted by atomic mass is 16.1. The molecular formula is C25H16N6O. The Labute approximate surface area is 181 Å². The Kier molecular flexibility index (Phi) is 4.11. The summed E-state index contributed by atoms with van der Waals surface area (Å²) in [6.45, 7) is 0. The van der Waals surface area contributed by atoms with E-state index in [0.29, 0.717) is 27.7 Å². The molecule has 0 fully saturated rings. The standard InChI is InChI=1S/C25H16N6O/c32-25-21-22-24(29-20-14-8-7-13-19(20)28-22)31(27-15-17-9-3-1-4-10-17)23(21)26-16-30(25)18-11-5-2-6-12-18/h1-16H/b27-15+. The van der Waals surface area contributed by atoms with E-state index in [-0.39, 0.29) is 5.56 Å². The molecule has 3 aromatic carbocycles. The highest BCUT2D eigenvalue weighted by molar-refractivity contribution is 6.05. The summed E-state index contributed by atoms with van der Waals surface area (Å²) < 4.78 is 3.11. The highest BCUT2D eigenvalue weighted by Crippen LogP contribution is 2.25. The van der Waals surface area contributed by atoms with Crippen LogP contribution in [0.3, 0.4) is 0 Å². The van der Waals surface area contributed by atoms with Gasteiger partial charge in [0, 0.05) is 0 Å². The van der Waals surface area contributed by atoms with Crippen molar-refractivity contribution in [1.82, 2.24) is 24.2 Å². The van der Waals surface area contributed by atoms with Crippen LogP contribution in [-0.4, -0.2) is 30.4 Å². The van der Waals surface area contributed by atoms with Crippen molar-refractivity contribution in [2.75, 3.05) is 0 Å². The summed E-state index contributed by atoms with van der Waals surface area (Å²) in [5.41, 5.74) is 4.25. The molecule has 152 valence electrons. The van der Waals surface area contributed by atoms with E-state index in [9.17, 15) is 4.79 Å². The van der Waals surface area contributed by atoms with Crippen LogP contribution < -0.4 is 5.56 Å². The SMILES string of the molecule is O=c1c2c3nc4ccccc4nc3n(/N=C/c3ccccc3)c2ncn1-c1ccccc1. The van der Waals surface area contributed by atoms with Gasteiger partial charge in [-0.2, -0.15) is 9.78 Å². The Hall–Kier alpha value is -4.65. The lowest BCUT2D eigenvalue weighted by atomic mass is 10.2. The number of rotatable bonds is 3. The fourth-order valence-electron chi connectivity index (χ4n) is 3.77. The normalized spacial score (nSPS) is 11.8. The molecule has 3 heterocycles. The Morgan fingerprint density at radius 1 is 0.750 bits per heavy atom. The number of aromatic nitrogens is 5. The predicted octanol–water partition coefficient (Wildman–Crippen LogP) is 4.17. The van der Waals surface area contributed by atoms with Gasteiger partial charge in [0.25, 0.3) is 5.56 Å². The molecule has 7 nitrogen and oxygen atoms in total. The zero-order valence-electron chi connectivity index (χ0n) is 16.8. The van der Waals surface area contributed by atoms with Gasteiger partial charge < -0.3 is 0 Å². The van der Waals surface area contributed by atoms with E-state index in [1.165, 1.54) is 10.9 Å². The minimum absolute atomic E-state index is 0.218. The molecule has 3 aromatic heterocycles. The van der Waals surface area contributed by atoms with E-state index in [0.717, 1.165) is 16.8 Å². The number of nitrogens with zero attached hydrogens (tertiary/aromatic N) is 6. The molecule has 0 atom stereocenters. The van der Waals surface area contributed by atoms with E-state index in [2.05, 4.69) is 10.1 Å². The Bertz CT molecular complexity index is 1680. The van der Waals surface area contributed by atoms with Crippen LogP contribution in [0.2, 0.25) is 0 Å². The predicted molar refractivity (Wildman–Crippen MR) is 125 cm³/mol. The molecule has 0 saturated heterocycles. The summed E-state index contributed by atoms with van der Waals surface area (Å²) in [4.78, 5) is 27.7. The van der Waals surface area contributed by atoms with Crippen molar-refractivity contribution in [3.8, 4) is 5.69 Å². The zero-order valence-corrected chi connectivity index (χ0v) is 16.8. The van der Waals surface area contributed by atoms with E-state index in [1.807, 2.05) is 84.9 Å². The topological polar surface area (TPSA) is 78.0 Å². The maximum Gasteiger partial charge on any atom is 0.269 e. The summed E-state index contributed by atoms with van der Waals surface area (Å²) in [6, 6.07) is 26.7. The second-order valence-electron chi connectivity index (χ2n) is 7.31. The Balaban J connectivity index is 1.70. The first-order chi connectivity index (χ1) is 15.8. The number of hydrogen-bond acceptors (Lipinski definition) is 5. The molecule has 6 rings (SSSR count). The highest BCUT2D eigenvalue weighted by Gasteiger charge is 2.20. The van der Waals surface area contributed by atoms with Crippen LogP contribution in [0, 0.1) is 0 Å². The number of para-hydroxylation sites is 3. The molecule has 0 aliphatic carbocycles. The van der Waals surface area contributed by atoms with E-state index in [1.54, 1.807) is 10.9 Å². The lowest BCUT2D eigenvalue weighted by Crippen LogP contribution is -2.18. The maximum absolute atomic E-state index is 13.6. The third kappa shape index (κ3) is 2.87. The maximum atomic E-state index is 13.6. The van der Waals surface area contributed by atoms with Crippen molar-refractivity contribution >= 4 is 39.4 Å². The van der Waals surface area contributed by atoms with Crippen molar-refractivity contribution in [2.24, 2.45) is 5.10 Å². The Morgan fingerprint density at radius 3 is 2.16 bits per heavy atom. The van der Waals surface area contributed by atoms with Crippen LogP contribution in [-0.2, 0) is 0 Å². The van der Waals surface area contributed by atoms with Gasteiger partial charge >= 0.3 is 0 Å². The number of hydrogen-bond donors (Lipinski definition) is 0. The van der Waals surface area contributed by atoms with Gasteiger partial charge in [-0.25, -0.2) is 15.0 Å². The average molecular weight is 416 g/mol. The van der Waals surface area contributed by atoms with Gasteiger partial charge in [0.05, 0.1) is 22.9 Å². The summed E-state index contributed by atoms with van der Waals surface area (Å²) in [6.07, 6.45) is 3.24. The molecule has 0 radical (unpaired) electrons. The largest absolute Gasteiger partial charge is 0.269 e. The second kappa shape index (κ2) is 7.24. The van der Waals surface area contributed by atoms with Gasteiger partial charge in [0.15, 0.2) is 11.3 Å². The quantitative estimate of drug-likeness (QED) is 0.406. The molecule has 0 bridgehead atoms. The summed E-state index contributed by atoms with van der Waals surface area (Å²) >= 11 is 0. The fourth-order valence-corrected chi connectivity index (χ4v) is 3.77. The molecule has 0 unspecified atom stereocenters. The third-order valence-corrected chi connectivity index (χ3v) is 5.30. The molecule has 0 aliphatic rings. The van der Waals surface area contributed by atoms with E-state index < -0.39 is 0 Å². The van der Waals surface area contributed by atoms with E-state index >= 15 is 0 Å². The van der Waals surface area contributed by atoms with Crippen molar-refractivity contribution in [3.63, 3.8) is 0 Å². The van der Waals surface area contributed by atoms with Crippen LogP contribution in [0.1, 0.15) is 5.56 Å². The molecule has 0 N–H and O–H groups in total. The number of benzene rings is 3. The molecule has 0 aliphatic heterocycles.